The second kappa shape index (κ2) is 8.23. The van der Waals surface area contributed by atoms with Gasteiger partial charge in [-0.2, -0.15) is 0 Å². The Morgan fingerprint density at radius 2 is 1.94 bits per heavy atom. The number of carbonyl (C=O) groups excluding carboxylic acids is 3. The standard InChI is InChI=1S/C23H24ClN3O5S/c1-22(2,3)23(21(31)32)11-12(9-10-25-23)27-19(29)13-5-4-6-14(17(13)20(27)30)26-18(28)15-7-8-16(24)33-15/h4-8,12,25H,9-11H2,1-3H3,(H,26,28)(H,31,32). The smallest absolute Gasteiger partial charge is 0.324 e. The second-order valence-corrected chi connectivity index (χ2v) is 11.0. The molecule has 2 atom stereocenters. The maximum absolute atomic E-state index is 13.4. The van der Waals surface area contributed by atoms with Gasteiger partial charge in [0.1, 0.15) is 5.54 Å². The van der Waals surface area contributed by atoms with E-state index in [0.29, 0.717) is 22.2 Å². The topological polar surface area (TPSA) is 116 Å². The van der Waals surface area contributed by atoms with E-state index in [2.05, 4.69) is 10.6 Å². The summed E-state index contributed by atoms with van der Waals surface area (Å²) in [5.41, 5.74) is -1.40. The van der Waals surface area contributed by atoms with E-state index in [0.717, 1.165) is 16.2 Å². The highest BCUT2D eigenvalue weighted by molar-refractivity contribution is 7.18. The van der Waals surface area contributed by atoms with Gasteiger partial charge in [-0.1, -0.05) is 38.4 Å². The number of carboxylic acid groups (broad SMARTS) is 1. The van der Waals surface area contributed by atoms with Crippen LogP contribution < -0.4 is 10.6 Å². The third-order valence-electron chi connectivity index (χ3n) is 6.45. The number of rotatable bonds is 4. The van der Waals surface area contributed by atoms with Gasteiger partial charge in [0.25, 0.3) is 17.7 Å². The SMILES string of the molecule is CC(C)(C)C1(C(=O)O)CC(N2C(=O)c3cccc(NC(=O)c4ccc(Cl)s4)c3C2=O)CCN1. The quantitative estimate of drug-likeness (QED) is 0.561. The molecular formula is C23H24ClN3O5S. The summed E-state index contributed by atoms with van der Waals surface area (Å²) in [7, 11) is 0. The molecule has 3 N–H and O–H groups in total. The molecular weight excluding hydrogens is 466 g/mol. The van der Waals surface area contributed by atoms with Crippen molar-refractivity contribution in [3.63, 3.8) is 0 Å². The van der Waals surface area contributed by atoms with E-state index in [1.807, 2.05) is 20.8 Å². The predicted octanol–water partition coefficient (Wildman–Crippen LogP) is 3.87. The minimum absolute atomic E-state index is 0.0900. The fourth-order valence-corrected chi connectivity index (χ4v) is 5.55. The van der Waals surface area contributed by atoms with Crippen molar-refractivity contribution in [2.45, 2.75) is 45.2 Å². The number of hydrogen-bond acceptors (Lipinski definition) is 6. The number of amides is 3. The van der Waals surface area contributed by atoms with Crippen LogP contribution in [0.25, 0.3) is 0 Å². The Kier molecular flexibility index (Phi) is 5.84. The maximum atomic E-state index is 13.4. The van der Waals surface area contributed by atoms with Crippen LogP contribution in [-0.4, -0.2) is 51.8 Å². The monoisotopic (exact) mass is 489 g/mol. The molecule has 4 rings (SSSR count). The van der Waals surface area contributed by atoms with Crippen LogP contribution in [0.1, 0.15) is 64.0 Å². The maximum Gasteiger partial charge on any atom is 0.324 e. The first-order valence-electron chi connectivity index (χ1n) is 10.5. The van der Waals surface area contributed by atoms with E-state index in [1.54, 1.807) is 30.3 Å². The number of carboxylic acids is 1. The first kappa shape index (κ1) is 23.4. The lowest BCUT2D eigenvalue weighted by atomic mass is 9.68. The molecule has 2 unspecified atom stereocenters. The lowest BCUT2D eigenvalue weighted by molar-refractivity contribution is -0.152. The third kappa shape index (κ3) is 3.84. The normalized spacial score (nSPS) is 22.9. The number of nitrogens with one attached hydrogen (secondary N) is 2. The van der Waals surface area contributed by atoms with Gasteiger partial charge in [-0.15, -0.1) is 11.3 Å². The number of nitrogens with zero attached hydrogens (tertiary/aromatic N) is 1. The number of carbonyl (C=O) groups is 4. The molecule has 3 amide bonds. The van der Waals surface area contributed by atoms with Gasteiger partial charge < -0.3 is 15.7 Å². The molecule has 1 saturated heterocycles. The van der Waals surface area contributed by atoms with Crippen molar-refractivity contribution >= 4 is 52.3 Å². The Morgan fingerprint density at radius 1 is 1.21 bits per heavy atom. The minimum Gasteiger partial charge on any atom is -0.480 e. The van der Waals surface area contributed by atoms with Crippen LogP contribution in [-0.2, 0) is 4.79 Å². The lowest BCUT2D eigenvalue weighted by Crippen LogP contribution is -2.67. The summed E-state index contributed by atoms with van der Waals surface area (Å²) in [6.45, 7) is 5.82. The number of imide groups is 1. The van der Waals surface area contributed by atoms with Gasteiger partial charge in [-0.3, -0.25) is 24.1 Å². The van der Waals surface area contributed by atoms with Crippen LogP contribution in [0, 0.1) is 5.41 Å². The molecule has 2 aliphatic heterocycles. The van der Waals surface area contributed by atoms with Crippen LogP contribution in [0.3, 0.4) is 0 Å². The van der Waals surface area contributed by atoms with Crippen molar-refractivity contribution in [2.24, 2.45) is 5.41 Å². The number of benzene rings is 1. The molecule has 2 aliphatic rings. The second-order valence-electron chi connectivity index (χ2n) is 9.30. The van der Waals surface area contributed by atoms with Gasteiger partial charge in [-0.25, -0.2) is 0 Å². The molecule has 0 saturated carbocycles. The molecule has 1 aromatic heterocycles. The number of fused-ring (bicyclic) bond motifs is 1. The summed E-state index contributed by atoms with van der Waals surface area (Å²) >= 11 is 7.02. The average molecular weight is 490 g/mol. The summed E-state index contributed by atoms with van der Waals surface area (Å²) in [6.07, 6.45) is 0.526. The Balaban J connectivity index is 1.65. The van der Waals surface area contributed by atoms with Crippen molar-refractivity contribution in [1.29, 1.82) is 0 Å². The number of thiophene rings is 1. The number of hydrogen-bond donors (Lipinski definition) is 3. The summed E-state index contributed by atoms with van der Waals surface area (Å²) in [5.74, 6) is -2.46. The van der Waals surface area contributed by atoms with Crippen molar-refractivity contribution in [1.82, 2.24) is 10.2 Å². The molecule has 3 heterocycles. The number of piperidine rings is 1. The molecule has 10 heteroatoms. The van der Waals surface area contributed by atoms with Gasteiger partial charge in [-0.05, 0) is 49.1 Å². The Bertz CT molecular complexity index is 1170. The van der Waals surface area contributed by atoms with Crippen molar-refractivity contribution in [3.8, 4) is 0 Å². The van der Waals surface area contributed by atoms with E-state index in [-0.39, 0.29) is 23.2 Å². The Labute approximate surface area is 199 Å². The Hall–Kier alpha value is -2.75. The fraction of sp³-hybridized carbons (Fsp3) is 0.391. The molecule has 0 aliphatic carbocycles. The molecule has 33 heavy (non-hydrogen) atoms. The zero-order valence-corrected chi connectivity index (χ0v) is 20.0. The van der Waals surface area contributed by atoms with E-state index in [1.165, 1.54) is 0 Å². The van der Waals surface area contributed by atoms with Gasteiger partial charge in [0.2, 0.25) is 0 Å². The van der Waals surface area contributed by atoms with Crippen molar-refractivity contribution in [2.75, 3.05) is 11.9 Å². The average Bonchev–Trinajstić information content (AvgIpc) is 3.29. The minimum atomic E-state index is -1.29. The summed E-state index contributed by atoms with van der Waals surface area (Å²) in [4.78, 5) is 53.1. The molecule has 2 aromatic rings. The number of anilines is 1. The van der Waals surface area contributed by atoms with E-state index in [9.17, 15) is 24.3 Å². The molecule has 174 valence electrons. The van der Waals surface area contributed by atoms with Crippen LogP contribution in [0.15, 0.2) is 30.3 Å². The largest absolute Gasteiger partial charge is 0.480 e. The first-order chi connectivity index (χ1) is 15.5. The van der Waals surface area contributed by atoms with Crippen LogP contribution in [0.5, 0.6) is 0 Å². The van der Waals surface area contributed by atoms with Crippen LogP contribution in [0.2, 0.25) is 4.34 Å². The number of halogens is 1. The highest BCUT2D eigenvalue weighted by Crippen LogP contribution is 2.41. The molecule has 8 nitrogen and oxygen atoms in total. The zero-order chi connectivity index (χ0) is 24.1. The molecule has 0 spiro atoms. The van der Waals surface area contributed by atoms with Crippen molar-refractivity contribution < 1.29 is 24.3 Å². The van der Waals surface area contributed by atoms with Gasteiger partial charge >= 0.3 is 5.97 Å². The third-order valence-corrected chi connectivity index (χ3v) is 7.68. The summed E-state index contributed by atoms with van der Waals surface area (Å²) < 4.78 is 0.461. The van der Waals surface area contributed by atoms with Gasteiger partial charge in [0.05, 0.1) is 26.0 Å². The molecule has 0 radical (unpaired) electrons. The van der Waals surface area contributed by atoms with E-state index in [4.69, 9.17) is 11.6 Å². The van der Waals surface area contributed by atoms with Gasteiger partial charge in [0.15, 0.2) is 0 Å². The highest BCUT2D eigenvalue weighted by atomic mass is 35.5. The molecule has 1 aromatic carbocycles. The predicted molar refractivity (Wildman–Crippen MR) is 125 cm³/mol. The summed E-state index contributed by atoms with van der Waals surface area (Å²) in [5, 5.41) is 15.9. The van der Waals surface area contributed by atoms with Crippen LogP contribution >= 0.6 is 22.9 Å². The van der Waals surface area contributed by atoms with E-state index >= 15 is 0 Å². The molecule has 1 fully saturated rings. The van der Waals surface area contributed by atoms with Crippen molar-refractivity contribution in [3.05, 3.63) is 50.7 Å². The summed E-state index contributed by atoms with van der Waals surface area (Å²) in [6, 6.07) is 7.31. The number of aliphatic carboxylic acids is 1. The van der Waals surface area contributed by atoms with Gasteiger partial charge in [0, 0.05) is 6.04 Å². The zero-order valence-electron chi connectivity index (χ0n) is 18.4. The Morgan fingerprint density at radius 3 is 2.55 bits per heavy atom. The fourth-order valence-electron chi connectivity index (χ4n) is 4.61. The molecule has 0 bridgehead atoms. The lowest BCUT2D eigenvalue weighted by Gasteiger charge is -2.48. The van der Waals surface area contributed by atoms with Crippen LogP contribution in [0.4, 0.5) is 5.69 Å². The highest BCUT2D eigenvalue weighted by Gasteiger charge is 2.54. The first-order valence-corrected chi connectivity index (χ1v) is 11.7. The van der Waals surface area contributed by atoms with E-state index < -0.39 is 40.7 Å².